The van der Waals surface area contributed by atoms with Crippen LogP contribution < -0.4 is 5.32 Å². The molecule has 8 nitrogen and oxygen atoms in total. The fourth-order valence-electron chi connectivity index (χ4n) is 3.01. The van der Waals surface area contributed by atoms with Gasteiger partial charge < -0.3 is 15.5 Å². The van der Waals surface area contributed by atoms with Gasteiger partial charge in [-0.2, -0.15) is 0 Å². The zero-order chi connectivity index (χ0) is 18.1. The van der Waals surface area contributed by atoms with E-state index in [4.69, 9.17) is 5.11 Å². The Bertz CT molecular complexity index is 754. The van der Waals surface area contributed by atoms with Gasteiger partial charge in [0.25, 0.3) is 5.91 Å². The molecule has 3 aliphatic rings. The number of carboxylic acids is 2. The fourth-order valence-corrected chi connectivity index (χ4v) is 4.34. The summed E-state index contributed by atoms with van der Waals surface area (Å²) in [5, 5.41) is 20.4. The molecule has 2 aliphatic heterocycles. The number of aliphatic carboxylic acids is 2. The van der Waals surface area contributed by atoms with Crippen molar-refractivity contribution >= 4 is 35.5 Å². The van der Waals surface area contributed by atoms with Gasteiger partial charge in [-0.3, -0.25) is 14.5 Å². The molecule has 1 aliphatic carbocycles. The first kappa shape index (κ1) is 17.3. The number of carbonyl (C=O) groups excluding carboxylic acids is 2. The first-order valence-electron chi connectivity index (χ1n) is 7.67. The van der Waals surface area contributed by atoms with Gasteiger partial charge in [0, 0.05) is 12.2 Å². The summed E-state index contributed by atoms with van der Waals surface area (Å²) in [6.07, 6.45) is 7.62. The van der Waals surface area contributed by atoms with E-state index < -0.39 is 35.0 Å². The number of allylic oxidation sites excluding steroid dienone is 3. The maximum absolute atomic E-state index is 12.3. The van der Waals surface area contributed by atoms with Crippen LogP contribution in [0, 0.1) is 0 Å². The summed E-state index contributed by atoms with van der Waals surface area (Å²) in [6, 6.07) is -0.832. The van der Waals surface area contributed by atoms with Crippen molar-refractivity contribution < 1.29 is 29.4 Å². The number of fused-ring (bicyclic) bond motifs is 1. The third kappa shape index (κ3) is 3.19. The van der Waals surface area contributed by atoms with Gasteiger partial charge in [0.2, 0.25) is 5.91 Å². The molecule has 3 rings (SSSR count). The van der Waals surface area contributed by atoms with Crippen LogP contribution in [0.3, 0.4) is 0 Å². The molecule has 2 amide bonds. The Morgan fingerprint density at radius 3 is 2.60 bits per heavy atom. The molecular weight excluding hydrogens is 348 g/mol. The van der Waals surface area contributed by atoms with E-state index in [1.165, 1.54) is 0 Å². The molecule has 0 aromatic heterocycles. The summed E-state index contributed by atoms with van der Waals surface area (Å²) in [6.45, 7) is 0. The lowest BCUT2D eigenvalue weighted by atomic mass is 10.0. The summed E-state index contributed by atoms with van der Waals surface area (Å²) in [5.74, 6) is -3.75. The maximum atomic E-state index is 12.3. The zero-order valence-electron chi connectivity index (χ0n) is 13.1. The molecule has 0 aromatic rings. The molecule has 25 heavy (non-hydrogen) atoms. The lowest BCUT2D eigenvalue weighted by Gasteiger charge is -2.49. The minimum absolute atomic E-state index is 0.0340. The van der Waals surface area contributed by atoms with Crippen molar-refractivity contribution in [2.75, 3.05) is 5.75 Å². The normalized spacial score (nSPS) is 25.0. The summed E-state index contributed by atoms with van der Waals surface area (Å²) in [7, 11) is 0. The predicted octanol–water partition coefficient (Wildman–Crippen LogP) is 0.476. The van der Waals surface area contributed by atoms with E-state index in [9.17, 15) is 24.3 Å². The lowest BCUT2D eigenvalue weighted by Crippen LogP contribution is -2.70. The SMILES string of the molecule is O=C(CC1=CCC=CC1)NC1C(=O)N2C(C(=O)O)=C(C(=O)O)CS[C@H]12. The predicted molar refractivity (Wildman–Crippen MR) is 88.4 cm³/mol. The Morgan fingerprint density at radius 2 is 2.00 bits per heavy atom. The number of thioether (sulfide) groups is 1. The second kappa shape index (κ2) is 6.75. The second-order valence-electron chi connectivity index (χ2n) is 5.84. The molecule has 1 fully saturated rings. The molecule has 132 valence electrons. The topological polar surface area (TPSA) is 124 Å². The highest BCUT2D eigenvalue weighted by molar-refractivity contribution is 8.00. The van der Waals surface area contributed by atoms with Crippen LogP contribution in [0.1, 0.15) is 19.3 Å². The number of rotatable bonds is 5. The van der Waals surface area contributed by atoms with Crippen molar-refractivity contribution in [1.82, 2.24) is 10.2 Å². The molecule has 0 spiro atoms. The number of carboxylic acid groups (broad SMARTS) is 2. The molecule has 0 aromatic carbocycles. The highest BCUT2D eigenvalue weighted by Crippen LogP contribution is 2.40. The first-order valence-corrected chi connectivity index (χ1v) is 8.71. The Morgan fingerprint density at radius 1 is 1.24 bits per heavy atom. The zero-order valence-corrected chi connectivity index (χ0v) is 13.9. The maximum Gasteiger partial charge on any atom is 0.353 e. The van der Waals surface area contributed by atoms with Crippen molar-refractivity contribution in [2.24, 2.45) is 0 Å². The quantitative estimate of drug-likeness (QED) is 0.479. The first-order chi connectivity index (χ1) is 11.9. The van der Waals surface area contributed by atoms with E-state index in [-0.39, 0.29) is 23.7 Å². The van der Waals surface area contributed by atoms with Crippen LogP contribution in [0.2, 0.25) is 0 Å². The largest absolute Gasteiger partial charge is 0.478 e. The average Bonchev–Trinajstić information content (AvgIpc) is 2.58. The Hall–Kier alpha value is -2.55. The van der Waals surface area contributed by atoms with Crippen molar-refractivity contribution in [3.05, 3.63) is 35.1 Å². The fraction of sp³-hybridized carbons (Fsp3) is 0.375. The van der Waals surface area contributed by atoms with Crippen molar-refractivity contribution in [3.63, 3.8) is 0 Å². The number of nitrogens with one attached hydrogen (secondary N) is 1. The van der Waals surface area contributed by atoms with Gasteiger partial charge in [0.15, 0.2) is 0 Å². The Labute approximate surface area is 147 Å². The molecule has 1 saturated heterocycles. The van der Waals surface area contributed by atoms with Gasteiger partial charge in [-0.05, 0) is 12.8 Å². The molecule has 0 radical (unpaired) electrons. The molecule has 9 heteroatoms. The number of hydrogen-bond acceptors (Lipinski definition) is 5. The van der Waals surface area contributed by atoms with Crippen molar-refractivity contribution in [1.29, 1.82) is 0 Å². The van der Waals surface area contributed by atoms with Crippen LogP contribution in [0.25, 0.3) is 0 Å². The smallest absolute Gasteiger partial charge is 0.353 e. The summed E-state index contributed by atoms with van der Waals surface area (Å²) in [5.41, 5.74) is 0.150. The Balaban J connectivity index is 1.69. The monoisotopic (exact) mass is 364 g/mol. The van der Waals surface area contributed by atoms with E-state index >= 15 is 0 Å². The minimum Gasteiger partial charge on any atom is -0.478 e. The summed E-state index contributed by atoms with van der Waals surface area (Å²) < 4.78 is 0. The summed E-state index contributed by atoms with van der Waals surface area (Å²) >= 11 is 1.13. The Kier molecular flexibility index (Phi) is 4.67. The minimum atomic E-state index is -1.46. The number of nitrogens with zero attached hydrogens (tertiary/aromatic N) is 1. The number of hydrogen-bond donors (Lipinski definition) is 3. The molecule has 2 atom stereocenters. The second-order valence-corrected chi connectivity index (χ2v) is 6.95. The van der Waals surface area contributed by atoms with Gasteiger partial charge in [-0.25, -0.2) is 9.59 Å². The third-order valence-electron chi connectivity index (χ3n) is 4.22. The van der Waals surface area contributed by atoms with Crippen LogP contribution in [-0.2, 0) is 19.2 Å². The van der Waals surface area contributed by atoms with Crippen LogP contribution >= 0.6 is 11.8 Å². The highest BCUT2D eigenvalue weighted by Gasteiger charge is 2.54. The van der Waals surface area contributed by atoms with Gasteiger partial charge >= 0.3 is 11.9 Å². The summed E-state index contributed by atoms with van der Waals surface area (Å²) in [4.78, 5) is 47.9. The number of carbonyl (C=O) groups is 4. The average molecular weight is 364 g/mol. The molecule has 2 heterocycles. The van der Waals surface area contributed by atoms with Gasteiger partial charge in [0.1, 0.15) is 17.1 Å². The van der Waals surface area contributed by atoms with Gasteiger partial charge in [0.05, 0.1) is 5.57 Å². The van der Waals surface area contributed by atoms with Gasteiger partial charge in [-0.15, -0.1) is 11.8 Å². The number of amides is 2. The van der Waals surface area contributed by atoms with Crippen LogP contribution in [0.15, 0.2) is 35.1 Å². The van der Waals surface area contributed by atoms with Crippen LogP contribution in [0.5, 0.6) is 0 Å². The molecule has 1 unspecified atom stereocenters. The van der Waals surface area contributed by atoms with E-state index in [0.29, 0.717) is 6.42 Å². The molecule has 3 N–H and O–H groups in total. The third-order valence-corrected chi connectivity index (χ3v) is 5.50. The van der Waals surface area contributed by atoms with Crippen LogP contribution in [0.4, 0.5) is 0 Å². The van der Waals surface area contributed by atoms with E-state index in [1.54, 1.807) is 0 Å². The van der Waals surface area contributed by atoms with E-state index in [2.05, 4.69) is 5.32 Å². The van der Waals surface area contributed by atoms with E-state index in [1.807, 2.05) is 18.2 Å². The van der Waals surface area contributed by atoms with Crippen molar-refractivity contribution in [3.8, 4) is 0 Å². The standard InChI is InChI=1S/C16H16N2O6S/c19-10(6-8-4-2-1-3-5-8)17-11-13(20)18-12(16(23)24)9(15(21)22)7-25-14(11)18/h1-2,5,11,14H,3-4,6-7H2,(H,17,19)(H,21,22)(H,23,24)/t11?,14-/m1/s1. The van der Waals surface area contributed by atoms with E-state index in [0.717, 1.165) is 28.7 Å². The molecule has 0 saturated carbocycles. The molecule has 0 bridgehead atoms. The highest BCUT2D eigenvalue weighted by atomic mass is 32.2. The molecular formula is C16H16N2O6S. The lowest BCUT2D eigenvalue weighted by molar-refractivity contribution is -0.151. The van der Waals surface area contributed by atoms with Gasteiger partial charge in [-0.1, -0.05) is 23.8 Å². The van der Waals surface area contributed by atoms with Crippen LogP contribution in [-0.4, -0.2) is 56.0 Å². The van der Waals surface area contributed by atoms with Crippen molar-refractivity contribution in [2.45, 2.75) is 30.7 Å². The number of β-lactam (4-membered cyclic amide) rings is 1.